The van der Waals surface area contributed by atoms with Gasteiger partial charge in [0.1, 0.15) is 17.4 Å². The van der Waals surface area contributed by atoms with Crippen LogP contribution in [0.25, 0.3) is 21.7 Å². The molecule has 4 aromatic rings. The van der Waals surface area contributed by atoms with Crippen LogP contribution < -0.4 is 14.5 Å². The molecule has 0 amide bonds. The highest BCUT2D eigenvalue weighted by Gasteiger charge is 2.23. The highest BCUT2D eigenvalue weighted by atomic mass is 32.2. The molecular weight excluding hydrogens is 442 g/mol. The van der Waals surface area contributed by atoms with E-state index in [1.807, 2.05) is 49.6 Å². The second-order valence-corrected chi connectivity index (χ2v) is 8.98. The number of aromatic amines is 1. The molecule has 0 spiro atoms. The van der Waals surface area contributed by atoms with Crippen molar-refractivity contribution in [2.45, 2.75) is 24.6 Å². The average Bonchev–Trinajstić information content (AvgIpc) is 3.47. The molecule has 0 bridgehead atoms. The van der Waals surface area contributed by atoms with E-state index in [4.69, 9.17) is 14.0 Å². The monoisotopic (exact) mass is 464 g/mol. The van der Waals surface area contributed by atoms with Crippen molar-refractivity contribution in [3.63, 3.8) is 0 Å². The number of H-pyrrole nitrogens is 1. The maximum Gasteiger partial charge on any atom is 0.257 e. The van der Waals surface area contributed by atoms with Gasteiger partial charge in [-0.05, 0) is 43.0 Å². The van der Waals surface area contributed by atoms with E-state index >= 15 is 0 Å². The third-order valence-corrected chi connectivity index (χ3v) is 7.10. The van der Waals surface area contributed by atoms with E-state index in [0.29, 0.717) is 22.8 Å². The largest absolute Gasteiger partial charge is 0.493 e. The molecule has 0 fully saturated rings. The van der Waals surface area contributed by atoms with Crippen LogP contribution in [0.3, 0.4) is 0 Å². The molecule has 8 heteroatoms. The molecule has 0 atom stereocenters. The van der Waals surface area contributed by atoms with Gasteiger partial charge >= 0.3 is 0 Å². The van der Waals surface area contributed by atoms with Crippen LogP contribution in [-0.4, -0.2) is 19.4 Å². The van der Waals surface area contributed by atoms with Gasteiger partial charge in [-0.2, -0.15) is 10.2 Å². The number of hydrogen-bond acceptors (Lipinski definition) is 7. The van der Waals surface area contributed by atoms with Gasteiger partial charge in [-0.3, -0.25) is 0 Å². The fraction of sp³-hybridized carbons (Fsp3) is 0.208. The number of benzene rings is 1. The molecule has 3 aromatic heterocycles. The molecule has 0 aliphatic rings. The quantitative estimate of drug-likeness (QED) is 0.327. The normalized spacial score (nSPS) is 10.7. The van der Waals surface area contributed by atoms with Crippen molar-refractivity contribution in [1.29, 1.82) is 5.26 Å². The number of aryl methyl sites for hydroxylation is 2. The summed E-state index contributed by atoms with van der Waals surface area (Å²) in [5.41, 5.74) is 5.14. The number of thioether (sulfide) groups is 1. The molecule has 1 aromatic carbocycles. The lowest BCUT2D eigenvalue weighted by Crippen LogP contribution is -2.13. The highest BCUT2D eigenvalue weighted by Crippen LogP contribution is 2.38. The molecule has 6 nitrogen and oxygen atoms in total. The van der Waals surface area contributed by atoms with Crippen molar-refractivity contribution in [2.24, 2.45) is 0 Å². The summed E-state index contributed by atoms with van der Waals surface area (Å²) in [7, 11) is 3.21. The molecule has 0 saturated heterocycles. The van der Waals surface area contributed by atoms with Crippen molar-refractivity contribution in [3.05, 3.63) is 64.4 Å². The number of nitriles is 1. The van der Waals surface area contributed by atoms with E-state index in [1.165, 1.54) is 0 Å². The van der Waals surface area contributed by atoms with Gasteiger partial charge in [0.05, 0.1) is 24.8 Å². The molecule has 0 saturated carbocycles. The minimum atomic E-state index is 0.578. The average molecular weight is 465 g/mol. The zero-order chi connectivity index (χ0) is 22.7. The molecule has 0 aliphatic carbocycles. The van der Waals surface area contributed by atoms with E-state index in [-0.39, 0.29) is 0 Å². The summed E-state index contributed by atoms with van der Waals surface area (Å²) < 4.78 is 16.2. The second kappa shape index (κ2) is 9.47. The summed E-state index contributed by atoms with van der Waals surface area (Å²) in [4.78, 5) is 4.57. The van der Waals surface area contributed by atoms with Crippen LogP contribution in [0.5, 0.6) is 11.5 Å². The van der Waals surface area contributed by atoms with Crippen LogP contribution in [0.4, 0.5) is 0 Å². The Morgan fingerprint density at radius 1 is 1.16 bits per heavy atom. The van der Waals surface area contributed by atoms with Crippen LogP contribution in [0.2, 0.25) is 0 Å². The SMILES string of the molecule is COc1ccc(-c2cc(-c3cccs3)[nH+]c(SCc3c(C)noc3C)c2C#N)cc1OC. The molecule has 1 N–H and O–H groups in total. The fourth-order valence-corrected chi connectivity index (χ4v) is 5.31. The number of pyridine rings is 1. The first-order valence-electron chi connectivity index (χ1n) is 9.87. The van der Waals surface area contributed by atoms with E-state index in [0.717, 1.165) is 43.7 Å². The first-order valence-corrected chi connectivity index (χ1v) is 11.7. The Labute approximate surface area is 194 Å². The zero-order valence-electron chi connectivity index (χ0n) is 18.2. The zero-order valence-corrected chi connectivity index (χ0v) is 19.8. The van der Waals surface area contributed by atoms with Gasteiger partial charge in [0.15, 0.2) is 11.5 Å². The summed E-state index contributed by atoms with van der Waals surface area (Å²) in [5, 5.41) is 17.0. The lowest BCUT2D eigenvalue weighted by Gasteiger charge is -2.11. The topological polar surface area (TPSA) is 82.4 Å². The number of ether oxygens (including phenoxy) is 2. The van der Waals surface area contributed by atoms with E-state index in [1.54, 1.807) is 37.3 Å². The molecule has 4 rings (SSSR count). The first kappa shape index (κ1) is 21.9. The van der Waals surface area contributed by atoms with Crippen molar-refractivity contribution >= 4 is 23.1 Å². The Balaban J connectivity index is 1.85. The summed E-state index contributed by atoms with van der Waals surface area (Å²) in [5.74, 6) is 2.70. The maximum atomic E-state index is 10.1. The Morgan fingerprint density at radius 2 is 1.97 bits per heavy atom. The Kier molecular flexibility index (Phi) is 6.49. The summed E-state index contributed by atoms with van der Waals surface area (Å²) in [6.07, 6.45) is 0. The Hall–Kier alpha value is -3.28. The molecule has 0 aliphatic heterocycles. The van der Waals surface area contributed by atoms with Crippen molar-refractivity contribution in [1.82, 2.24) is 5.16 Å². The second-order valence-electron chi connectivity index (χ2n) is 7.05. The number of aromatic nitrogens is 2. The highest BCUT2D eigenvalue weighted by molar-refractivity contribution is 7.98. The predicted molar refractivity (Wildman–Crippen MR) is 125 cm³/mol. The van der Waals surface area contributed by atoms with Gasteiger partial charge in [0.2, 0.25) is 5.69 Å². The van der Waals surface area contributed by atoms with E-state index < -0.39 is 0 Å². The number of nitrogens with zero attached hydrogens (tertiary/aromatic N) is 2. The molecule has 0 radical (unpaired) electrons. The maximum absolute atomic E-state index is 10.1. The third-order valence-electron chi connectivity index (χ3n) is 5.17. The summed E-state index contributed by atoms with van der Waals surface area (Å²) >= 11 is 3.21. The van der Waals surface area contributed by atoms with Gasteiger partial charge in [0.25, 0.3) is 5.03 Å². The van der Waals surface area contributed by atoms with Crippen molar-refractivity contribution in [3.8, 4) is 39.3 Å². The fourth-order valence-electron chi connectivity index (χ4n) is 3.43. The standard InChI is InChI=1S/C24H21N3O3S2/c1-14-19(15(2)30-27-14)13-32-24-18(12-25)17(11-20(26-24)23-6-5-9-31-23)16-7-8-21(28-3)22(10-16)29-4/h5-11H,13H2,1-4H3/p+1. The molecular formula is C24H22N3O3S2+. The van der Waals surface area contributed by atoms with Crippen molar-refractivity contribution in [2.75, 3.05) is 14.2 Å². The van der Waals surface area contributed by atoms with Gasteiger partial charge in [0, 0.05) is 22.9 Å². The Morgan fingerprint density at radius 3 is 2.59 bits per heavy atom. The lowest BCUT2D eigenvalue weighted by atomic mass is 10.00. The van der Waals surface area contributed by atoms with E-state index in [9.17, 15) is 5.26 Å². The number of nitrogens with one attached hydrogen (secondary N) is 1. The van der Waals surface area contributed by atoms with Crippen LogP contribution in [0.1, 0.15) is 22.6 Å². The van der Waals surface area contributed by atoms with Gasteiger partial charge in [-0.15, -0.1) is 11.3 Å². The molecule has 32 heavy (non-hydrogen) atoms. The molecule has 0 unspecified atom stereocenters. The molecule has 3 heterocycles. The molecule has 162 valence electrons. The number of methoxy groups -OCH3 is 2. The van der Waals surface area contributed by atoms with Crippen LogP contribution in [-0.2, 0) is 5.75 Å². The predicted octanol–water partition coefficient (Wildman–Crippen LogP) is 5.68. The Bertz CT molecular complexity index is 1270. The first-order chi connectivity index (χ1) is 15.5. The summed E-state index contributed by atoms with van der Waals surface area (Å²) in [6.45, 7) is 3.83. The van der Waals surface area contributed by atoms with E-state index in [2.05, 4.69) is 22.3 Å². The van der Waals surface area contributed by atoms with Crippen LogP contribution >= 0.6 is 23.1 Å². The van der Waals surface area contributed by atoms with Crippen LogP contribution in [0.15, 0.2) is 51.3 Å². The third kappa shape index (κ3) is 4.22. The smallest absolute Gasteiger partial charge is 0.257 e. The minimum Gasteiger partial charge on any atom is -0.493 e. The van der Waals surface area contributed by atoms with Crippen LogP contribution in [0, 0.1) is 25.2 Å². The van der Waals surface area contributed by atoms with Gasteiger partial charge in [-0.25, -0.2) is 0 Å². The number of hydrogen-bond donors (Lipinski definition) is 0. The summed E-state index contributed by atoms with van der Waals surface area (Å²) in [6, 6.07) is 14.2. The van der Waals surface area contributed by atoms with Gasteiger partial charge in [-0.1, -0.05) is 29.1 Å². The van der Waals surface area contributed by atoms with Crippen molar-refractivity contribution < 1.29 is 19.0 Å². The minimum absolute atomic E-state index is 0.578. The lowest BCUT2D eigenvalue weighted by molar-refractivity contribution is -0.413. The van der Waals surface area contributed by atoms with Gasteiger partial charge < -0.3 is 14.0 Å². The number of thiophene rings is 1. The number of rotatable bonds is 7.